The zero-order chi connectivity index (χ0) is 20.6. The van der Waals surface area contributed by atoms with Crippen molar-refractivity contribution in [2.45, 2.75) is 19.1 Å². The molecule has 152 valence electrons. The number of methoxy groups -OCH3 is 3. The van der Waals surface area contributed by atoms with E-state index in [0.717, 1.165) is 16.7 Å². The second-order valence-corrected chi connectivity index (χ2v) is 6.63. The van der Waals surface area contributed by atoms with Gasteiger partial charge in [-0.1, -0.05) is 36.4 Å². The third kappa shape index (κ3) is 5.42. The first-order valence-electron chi connectivity index (χ1n) is 9.37. The molecule has 0 aliphatic carbocycles. The third-order valence-electron chi connectivity index (χ3n) is 4.65. The average Bonchev–Trinajstić information content (AvgIpc) is 2.77. The number of benzene rings is 3. The summed E-state index contributed by atoms with van der Waals surface area (Å²) in [7, 11) is 4.80. The molecular formula is C24H26O5. The fourth-order valence-corrected chi connectivity index (χ4v) is 3.07. The van der Waals surface area contributed by atoms with Crippen molar-refractivity contribution >= 4 is 0 Å². The Morgan fingerprint density at radius 1 is 0.724 bits per heavy atom. The standard InChI is InChI=1S/C24H26O5/c1-26-20-11-18(12-21(15-20)27-2)13-22(25)19-9-10-23(24(14-19)28-3)29-16-17-7-5-4-6-8-17/h4-12,14-15,22,25H,13,16H2,1-3H3. The van der Waals surface area contributed by atoms with E-state index in [0.29, 0.717) is 36.0 Å². The maximum absolute atomic E-state index is 10.7. The summed E-state index contributed by atoms with van der Waals surface area (Å²) >= 11 is 0. The molecule has 3 aromatic rings. The van der Waals surface area contributed by atoms with Crippen LogP contribution in [0.25, 0.3) is 0 Å². The molecule has 5 nitrogen and oxygen atoms in total. The van der Waals surface area contributed by atoms with Gasteiger partial charge in [-0.15, -0.1) is 0 Å². The van der Waals surface area contributed by atoms with Gasteiger partial charge in [0.2, 0.25) is 0 Å². The van der Waals surface area contributed by atoms with E-state index in [1.807, 2.05) is 60.7 Å². The van der Waals surface area contributed by atoms with Crippen molar-refractivity contribution < 1.29 is 24.1 Å². The number of hydrogen-bond acceptors (Lipinski definition) is 5. The van der Waals surface area contributed by atoms with Gasteiger partial charge in [-0.2, -0.15) is 0 Å². The van der Waals surface area contributed by atoms with Gasteiger partial charge in [-0.05, 0) is 41.0 Å². The summed E-state index contributed by atoms with van der Waals surface area (Å²) in [5.41, 5.74) is 2.73. The van der Waals surface area contributed by atoms with Gasteiger partial charge in [0.05, 0.1) is 27.4 Å². The maximum Gasteiger partial charge on any atom is 0.161 e. The molecule has 0 saturated carbocycles. The molecule has 0 bridgehead atoms. The van der Waals surface area contributed by atoms with E-state index in [2.05, 4.69) is 0 Å². The SMILES string of the molecule is COc1cc(CC(O)c2ccc(OCc3ccccc3)c(OC)c2)cc(OC)c1. The van der Waals surface area contributed by atoms with Crippen LogP contribution >= 0.6 is 0 Å². The first-order valence-corrected chi connectivity index (χ1v) is 9.37. The van der Waals surface area contributed by atoms with Crippen molar-refractivity contribution in [3.8, 4) is 23.0 Å². The molecule has 0 aliphatic heterocycles. The molecule has 0 spiro atoms. The van der Waals surface area contributed by atoms with Crippen LogP contribution in [0.3, 0.4) is 0 Å². The highest BCUT2D eigenvalue weighted by Crippen LogP contribution is 2.33. The molecule has 5 heteroatoms. The van der Waals surface area contributed by atoms with Crippen LogP contribution in [0.2, 0.25) is 0 Å². The fraction of sp³-hybridized carbons (Fsp3) is 0.250. The molecular weight excluding hydrogens is 368 g/mol. The van der Waals surface area contributed by atoms with Crippen LogP contribution < -0.4 is 18.9 Å². The summed E-state index contributed by atoms with van der Waals surface area (Å²) in [6.07, 6.45) is -0.287. The Kier molecular flexibility index (Phi) is 6.98. The highest BCUT2D eigenvalue weighted by Gasteiger charge is 2.14. The number of hydrogen-bond donors (Lipinski definition) is 1. The Morgan fingerprint density at radius 3 is 2.03 bits per heavy atom. The summed E-state index contributed by atoms with van der Waals surface area (Å²) in [6.45, 7) is 0.447. The van der Waals surface area contributed by atoms with Gasteiger partial charge >= 0.3 is 0 Å². The first-order chi connectivity index (χ1) is 14.1. The molecule has 0 fully saturated rings. The van der Waals surface area contributed by atoms with Gasteiger partial charge in [0, 0.05) is 12.5 Å². The van der Waals surface area contributed by atoms with E-state index in [9.17, 15) is 5.11 Å². The van der Waals surface area contributed by atoms with Crippen LogP contribution in [-0.4, -0.2) is 26.4 Å². The van der Waals surface area contributed by atoms with Crippen LogP contribution in [0, 0.1) is 0 Å². The zero-order valence-electron chi connectivity index (χ0n) is 16.9. The lowest BCUT2D eigenvalue weighted by Gasteiger charge is -2.16. The fourth-order valence-electron chi connectivity index (χ4n) is 3.07. The number of aliphatic hydroxyl groups is 1. The zero-order valence-corrected chi connectivity index (χ0v) is 16.9. The molecule has 1 N–H and O–H groups in total. The van der Waals surface area contributed by atoms with Crippen LogP contribution in [0.1, 0.15) is 22.8 Å². The van der Waals surface area contributed by atoms with E-state index >= 15 is 0 Å². The molecule has 0 amide bonds. The van der Waals surface area contributed by atoms with Crippen LogP contribution in [0.15, 0.2) is 66.7 Å². The molecule has 0 radical (unpaired) electrons. The number of aliphatic hydroxyl groups excluding tert-OH is 1. The molecule has 3 rings (SSSR count). The van der Waals surface area contributed by atoms with Crippen LogP contribution in [0.4, 0.5) is 0 Å². The Morgan fingerprint density at radius 2 is 1.41 bits per heavy atom. The van der Waals surface area contributed by atoms with E-state index in [1.54, 1.807) is 27.4 Å². The smallest absolute Gasteiger partial charge is 0.161 e. The third-order valence-corrected chi connectivity index (χ3v) is 4.65. The molecule has 1 atom stereocenters. The molecule has 0 saturated heterocycles. The van der Waals surface area contributed by atoms with Crippen molar-refractivity contribution in [1.29, 1.82) is 0 Å². The average molecular weight is 394 g/mol. The van der Waals surface area contributed by atoms with E-state index in [-0.39, 0.29) is 0 Å². The summed E-state index contributed by atoms with van der Waals surface area (Å²) in [4.78, 5) is 0. The van der Waals surface area contributed by atoms with E-state index < -0.39 is 6.10 Å². The summed E-state index contributed by atoms with van der Waals surface area (Å²) in [5, 5.41) is 10.7. The summed E-state index contributed by atoms with van der Waals surface area (Å²) in [5.74, 6) is 2.60. The Labute approximate surface area is 171 Å². The van der Waals surface area contributed by atoms with Crippen molar-refractivity contribution in [3.05, 3.63) is 83.4 Å². The minimum absolute atomic E-state index is 0.418. The molecule has 29 heavy (non-hydrogen) atoms. The lowest BCUT2D eigenvalue weighted by Crippen LogP contribution is -2.04. The summed E-state index contributed by atoms with van der Waals surface area (Å²) in [6, 6.07) is 21.0. The normalized spacial score (nSPS) is 11.6. The van der Waals surface area contributed by atoms with Gasteiger partial charge in [0.15, 0.2) is 11.5 Å². The lowest BCUT2D eigenvalue weighted by atomic mass is 10.0. The predicted octanol–water partition coefficient (Wildman–Crippen LogP) is 4.57. The Balaban J connectivity index is 1.73. The first kappa shape index (κ1) is 20.6. The van der Waals surface area contributed by atoms with Crippen LogP contribution in [-0.2, 0) is 13.0 Å². The van der Waals surface area contributed by atoms with E-state index in [1.165, 1.54) is 0 Å². The van der Waals surface area contributed by atoms with Crippen molar-refractivity contribution in [1.82, 2.24) is 0 Å². The predicted molar refractivity (Wildman–Crippen MR) is 112 cm³/mol. The molecule has 0 aliphatic rings. The molecule has 1 unspecified atom stereocenters. The second kappa shape index (κ2) is 9.85. The second-order valence-electron chi connectivity index (χ2n) is 6.63. The minimum Gasteiger partial charge on any atom is -0.497 e. The quantitative estimate of drug-likeness (QED) is 0.576. The van der Waals surface area contributed by atoms with Gasteiger partial charge in [0.25, 0.3) is 0 Å². The van der Waals surface area contributed by atoms with Crippen LogP contribution in [0.5, 0.6) is 23.0 Å². The lowest BCUT2D eigenvalue weighted by molar-refractivity contribution is 0.177. The number of ether oxygens (including phenoxy) is 4. The monoisotopic (exact) mass is 394 g/mol. The van der Waals surface area contributed by atoms with Gasteiger partial charge in [0.1, 0.15) is 18.1 Å². The van der Waals surface area contributed by atoms with Crippen molar-refractivity contribution in [2.75, 3.05) is 21.3 Å². The van der Waals surface area contributed by atoms with Gasteiger partial charge in [-0.25, -0.2) is 0 Å². The molecule has 0 heterocycles. The largest absolute Gasteiger partial charge is 0.497 e. The highest BCUT2D eigenvalue weighted by molar-refractivity contribution is 5.44. The number of rotatable bonds is 9. The Bertz CT molecular complexity index is 902. The minimum atomic E-state index is -0.705. The van der Waals surface area contributed by atoms with Gasteiger partial charge in [-0.3, -0.25) is 0 Å². The topological polar surface area (TPSA) is 57.2 Å². The van der Waals surface area contributed by atoms with Gasteiger partial charge < -0.3 is 24.1 Å². The summed E-state index contributed by atoms with van der Waals surface area (Å²) < 4.78 is 22.0. The Hall–Kier alpha value is -3.18. The highest BCUT2D eigenvalue weighted by atomic mass is 16.5. The molecule has 3 aromatic carbocycles. The van der Waals surface area contributed by atoms with Crippen molar-refractivity contribution in [2.24, 2.45) is 0 Å². The van der Waals surface area contributed by atoms with Crippen molar-refractivity contribution in [3.63, 3.8) is 0 Å². The van der Waals surface area contributed by atoms with E-state index in [4.69, 9.17) is 18.9 Å². The molecule has 0 aromatic heterocycles. The maximum atomic E-state index is 10.7.